The third kappa shape index (κ3) is 7.00. The van der Waals surface area contributed by atoms with Crippen LogP contribution >= 0.6 is 0 Å². The summed E-state index contributed by atoms with van der Waals surface area (Å²) in [6, 6.07) is 7.53. The first-order valence-electron chi connectivity index (χ1n) is 9.50. The lowest BCUT2D eigenvalue weighted by Crippen LogP contribution is -2.48. The summed E-state index contributed by atoms with van der Waals surface area (Å²) in [6.07, 6.45) is -1.83. The number of hydrogen-bond acceptors (Lipinski definition) is 4. The van der Waals surface area contributed by atoms with E-state index in [1.165, 1.54) is 0 Å². The van der Waals surface area contributed by atoms with Gasteiger partial charge in [0.05, 0.1) is 13.1 Å². The van der Waals surface area contributed by atoms with E-state index < -0.39 is 49.1 Å². The summed E-state index contributed by atoms with van der Waals surface area (Å²) in [5.41, 5.74) is 0.803. The smallest absolute Gasteiger partial charge is 0.407 e. The van der Waals surface area contributed by atoms with Gasteiger partial charge in [-0.3, -0.25) is 4.79 Å². The molecule has 3 N–H and O–H groups in total. The lowest BCUT2D eigenvalue weighted by molar-refractivity contribution is -0.172. The number of halogens is 4. The zero-order chi connectivity index (χ0) is 23.1. The number of likely N-dealkylation sites (tertiary alicyclic amines) is 1. The zero-order valence-electron chi connectivity index (χ0n) is 16.5. The number of amides is 3. The number of benzene rings is 1. The summed E-state index contributed by atoms with van der Waals surface area (Å²) < 4.78 is 58.3. The third-order valence-electron chi connectivity index (χ3n) is 4.62. The lowest BCUT2D eigenvalue weighted by atomic mass is 10.1. The molecule has 3 amide bonds. The molecule has 12 heteroatoms. The SMILES string of the molecule is O=C(O)N[C@@H](CCCCNC(=O)OCc1ccccc1)C(=O)N1CC(F)(F)C(F)(F)C1. The van der Waals surface area contributed by atoms with Crippen LogP contribution in [0.5, 0.6) is 0 Å². The zero-order valence-corrected chi connectivity index (χ0v) is 16.5. The Morgan fingerprint density at radius 1 is 1.06 bits per heavy atom. The highest BCUT2D eigenvalue weighted by atomic mass is 19.3. The second kappa shape index (κ2) is 10.3. The summed E-state index contributed by atoms with van der Waals surface area (Å²) in [5, 5.41) is 13.2. The minimum atomic E-state index is -4.37. The second-order valence-electron chi connectivity index (χ2n) is 7.09. The Morgan fingerprint density at radius 3 is 2.26 bits per heavy atom. The highest BCUT2D eigenvalue weighted by Crippen LogP contribution is 2.41. The molecule has 0 aliphatic carbocycles. The number of nitrogens with one attached hydrogen (secondary N) is 2. The molecule has 1 saturated heterocycles. The molecule has 1 heterocycles. The molecule has 2 rings (SSSR count). The van der Waals surface area contributed by atoms with Gasteiger partial charge in [-0.25, -0.2) is 9.59 Å². The van der Waals surface area contributed by atoms with Gasteiger partial charge in [-0.05, 0) is 24.8 Å². The van der Waals surface area contributed by atoms with Crippen molar-refractivity contribution >= 4 is 18.1 Å². The highest BCUT2D eigenvalue weighted by molar-refractivity contribution is 5.85. The average Bonchev–Trinajstić information content (AvgIpc) is 2.92. The van der Waals surface area contributed by atoms with E-state index in [-0.39, 0.29) is 30.9 Å². The van der Waals surface area contributed by atoms with Gasteiger partial charge >= 0.3 is 24.0 Å². The van der Waals surface area contributed by atoms with Gasteiger partial charge in [0.25, 0.3) is 0 Å². The maximum Gasteiger partial charge on any atom is 0.407 e. The molecule has 1 aromatic rings. The Hall–Kier alpha value is -3.05. The molecule has 1 atom stereocenters. The number of carbonyl (C=O) groups is 3. The molecule has 31 heavy (non-hydrogen) atoms. The monoisotopic (exact) mass is 449 g/mol. The first-order valence-corrected chi connectivity index (χ1v) is 9.50. The largest absolute Gasteiger partial charge is 0.465 e. The Morgan fingerprint density at radius 2 is 1.68 bits per heavy atom. The summed E-state index contributed by atoms with van der Waals surface area (Å²) in [6.45, 7) is -2.73. The van der Waals surface area contributed by atoms with Crippen LogP contribution in [0.3, 0.4) is 0 Å². The van der Waals surface area contributed by atoms with Gasteiger partial charge in [0.1, 0.15) is 12.6 Å². The van der Waals surface area contributed by atoms with Crippen LogP contribution in [0.2, 0.25) is 0 Å². The molecule has 1 aromatic carbocycles. The molecule has 1 aliphatic heterocycles. The quantitative estimate of drug-likeness (QED) is 0.397. The molecular formula is C19H23F4N3O5. The molecule has 1 fully saturated rings. The van der Waals surface area contributed by atoms with Crippen molar-refractivity contribution in [2.24, 2.45) is 0 Å². The molecule has 0 aromatic heterocycles. The van der Waals surface area contributed by atoms with Crippen LogP contribution in [0.1, 0.15) is 24.8 Å². The van der Waals surface area contributed by atoms with Gasteiger partial charge in [0, 0.05) is 6.54 Å². The number of alkyl halides is 4. The van der Waals surface area contributed by atoms with Crippen molar-refractivity contribution < 1.29 is 41.8 Å². The Balaban J connectivity index is 1.74. The normalized spacial score (nSPS) is 17.6. The van der Waals surface area contributed by atoms with E-state index in [1.54, 1.807) is 24.3 Å². The van der Waals surface area contributed by atoms with Crippen molar-refractivity contribution in [2.75, 3.05) is 19.6 Å². The van der Waals surface area contributed by atoms with E-state index >= 15 is 0 Å². The van der Waals surface area contributed by atoms with Crippen LogP contribution < -0.4 is 10.6 Å². The summed E-state index contributed by atoms with van der Waals surface area (Å²) in [5.74, 6) is -9.89. The summed E-state index contributed by atoms with van der Waals surface area (Å²) in [4.78, 5) is 35.1. The summed E-state index contributed by atoms with van der Waals surface area (Å²) in [7, 11) is 0. The van der Waals surface area contributed by atoms with Gasteiger partial charge in [0.2, 0.25) is 5.91 Å². The van der Waals surface area contributed by atoms with E-state index in [9.17, 15) is 31.9 Å². The molecule has 0 saturated carbocycles. The molecule has 1 aliphatic rings. The van der Waals surface area contributed by atoms with Crippen molar-refractivity contribution in [3.05, 3.63) is 35.9 Å². The topological polar surface area (TPSA) is 108 Å². The Bertz CT molecular complexity index is 763. The van der Waals surface area contributed by atoms with E-state index in [2.05, 4.69) is 5.32 Å². The number of carboxylic acid groups (broad SMARTS) is 1. The van der Waals surface area contributed by atoms with Gasteiger partial charge in [-0.1, -0.05) is 30.3 Å². The minimum Gasteiger partial charge on any atom is -0.465 e. The third-order valence-corrected chi connectivity index (χ3v) is 4.62. The highest BCUT2D eigenvalue weighted by Gasteiger charge is 2.64. The van der Waals surface area contributed by atoms with Crippen molar-refractivity contribution in [1.82, 2.24) is 15.5 Å². The van der Waals surface area contributed by atoms with Crippen LogP contribution in [0.15, 0.2) is 30.3 Å². The fourth-order valence-corrected chi connectivity index (χ4v) is 2.99. The van der Waals surface area contributed by atoms with Gasteiger partial charge < -0.3 is 25.4 Å². The van der Waals surface area contributed by atoms with Gasteiger partial charge in [0.15, 0.2) is 0 Å². The van der Waals surface area contributed by atoms with Crippen LogP contribution in [-0.2, 0) is 16.1 Å². The summed E-state index contributed by atoms with van der Waals surface area (Å²) >= 11 is 0. The maximum atomic E-state index is 13.3. The van der Waals surface area contributed by atoms with Crippen LogP contribution in [-0.4, -0.2) is 65.6 Å². The van der Waals surface area contributed by atoms with Crippen molar-refractivity contribution in [1.29, 1.82) is 0 Å². The number of rotatable bonds is 9. The first-order chi connectivity index (χ1) is 14.5. The second-order valence-corrected chi connectivity index (χ2v) is 7.09. The number of hydrogen-bond donors (Lipinski definition) is 3. The van der Waals surface area contributed by atoms with E-state index in [4.69, 9.17) is 9.84 Å². The van der Waals surface area contributed by atoms with Crippen LogP contribution in [0.25, 0.3) is 0 Å². The van der Waals surface area contributed by atoms with Crippen LogP contribution in [0, 0.1) is 0 Å². The lowest BCUT2D eigenvalue weighted by Gasteiger charge is -2.22. The van der Waals surface area contributed by atoms with Crippen molar-refractivity contribution in [3.63, 3.8) is 0 Å². The molecule has 0 unspecified atom stereocenters. The van der Waals surface area contributed by atoms with Crippen molar-refractivity contribution in [3.8, 4) is 0 Å². The van der Waals surface area contributed by atoms with Gasteiger partial charge in [-0.15, -0.1) is 0 Å². The molecule has 0 bridgehead atoms. The fraction of sp³-hybridized carbons (Fsp3) is 0.526. The van der Waals surface area contributed by atoms with E-state index in [0.29, 0.717) is 6.42 Å². The molecule has 0 spiro atoms. The van der Waals surface area contributed by atoms with Crippen molar-refractivity contribution in [2.45, 2.75) is 43.8 Å². The predicted molar refractivity (Wildman–Crippen MR) is 99.9 cm³/mol. The Kier molecular flexibility index (Phi) is 8.06. The fourth-order valence-electron chi connectivity index (χ4n) is 2.99. The minimum absolute atomic E-state index is 0.0802. The molecule has 172 valence electrons. The predicted octanol–water partition coefficient (Wildman–Crippen LogP) is 2.83. The van der Waals surface area contributed by atoms with E-state index in [0.717, 1.165) is 5.56 Å². The standard InChI is InChI=1S/C19H23F4N3O5/c20-18(21)11-26(12-19(18,22)23)15(27)14(25-16(28)29)8-4-5-9-24-17(30)31-10-13-6-2-1-3-7-13/h1-3,6-7,14,25H,4-5,8-12H2,(H,24,30)(H,28,29)/t14-/m0/s1. The van der Waals surface area contributed by atoms with E-state index in [1.807, 2.05) is 11.4 Å². The first kappa shape index (κ1) is 24.2. The molecule has 0 radical (unpaired) electrons. The Labute approximate surface area is 175 Å². The molecular weight excluding hydrogens is 426 g/mol. The van der Waals surface area contributed by atoms with Gasteiger partial charge in [-0.2, -0.15) is 17.6 Å². The number of ether oxygens (including phenoxy) is 1. The number of unbranched alkanes of at least 4 members (excludes halogenated alkanes) is 1. The number of nitrogens with zero attached hydrogens (tertiary/aromatic N) is 1. The number of carbonyl (C=O) groups excluding carboxylic acids is 2. The average molecular weight is 449 g/mol. The van der Waals surface area contributed by atoms with Crippen LogP contribution in [0.4, 0.5) is 27.2 Å². The maximum absolute atomic E-state index is 13.3. The number of alkyl carbamates (subject to hydrolysis) is 1. The molecule has 8 nitrogen and oxygen atoms in total.